The van der Waals surface area contributed by atoms with E-state index in [-0.39, 0.29) is 5.69 Å². The zero-order chi connectivity index (χ0) is 10.6. The van der Waals surface area contributed by atoms with Crippen LogP contribution < -0.4 is 0 Å². The van der Waals surface area contributed by atoms with E-state index < -0.39 is 5.97 Å². The molecule has 1 heterocycles. The van der Waals surface area contributed by atoms with Crippen LogP contribution in [0.4, 0.5) is 0 Å². The molecule has 1 aromatic heterocycles. The van der Waals surface area contributed by atoms with Gasteiger partial charge < -0.3 is 5.11 Å². The fourth-order valence-corrected chi connectivity index (χ4v) is 1.67. The molecule has 0 aromatic carbocycles. The van der Waals surface area contributed by atoms with Crippen LogP contribution in [0.3, 0.4) is 0 Å². The molecule has 0 atom stereocenters. The quantitative estimate of drug-likeness (QED) is 0.777. The second kappa shape index (κ2) is 5.00. The maximum Gasteiger partial charge on any atom is 0.354 e. The molecule has 0 saturated heterocycles. The second-order valence-corrected chi connectivity index (χ2v) is 4.48. The number of nitrogens with zero attached hydrogens (tertiary/aromatic N) is 1. The summed E-state index contributed by atoms with van der Waals surface area (Å²) in [6.07, 6.45) is 1.61. The van der Waals surface area contributed by atoms with E-state index in [4.69, 9.17) is 5.11 Å². The van der Waals surface area contributed by atoms with Crippen LogP contribution in [-0.2, 0) is 0 Å². The SMILES string of the molecule is CC(C)CSc1ccc(C(=O)O)nc1. The average Bonchev–Trinajstić information content (AvgIpc) is 2.15. The summed E-state index contributed by atoms with van der Waals surface area (Å²) in [5.74, 6) is 0.665. The number of carboxylic acids is 1. The van der Waals surface area contributed by atoms with Gasteiger partial charge in [0.25, 0.3) is 0 Å². The van der Waals surface area contributed by atoms with E-state index in [1.165, 1.54) is 6.07 Å². The van der Waals surface area contributed by atoms with E-state index in [0.717, 1.165) is 10.6 Å². The Morgan fingerprint density at radius 3 is 2.71 bits per heavy atom. The number of carboxylic acid groups (broad SMARTS) is 1. The van der Waals surface area contributed by atoms with E-state index in [1.807, 2.05) is 0 Å². The number of carbonyl (C=O) groups is 1. The summed E-state index contributed by atoms with van der Waals surface area (Å²) in [6, 6.07) is 3.33. The Bertz CT molecular complexity index is 308. The molecule has 0 unspecified atom stereocenters. The van der Waals surface area contributed by atoms with Gasteiger partial charge in [0.15, 0.2) is 0 Å². The Kier molecular flexibility index (Phi) is 3.95. The van der Waals surface area contributed by atoms with Gasteiger partial charge in [0.2, 0.25) is 0 Å². The summed E-state index contributed by atoms with van der Waals surface area (Å²) < 4.78 is 0. The van der Waals surface area contributed by atoms with Crippen LogP contribution in [0.15, 0.2) is 23.2 Å². The average molecular weight is 211 g/mol. The minimum Gasteiger partial charge on any atom is -0.477 e. The van der Waals surface area contributed by atoms with Crippen molar-refractivity contribution in [2.45, 2.75) is 18.7 Å². The van der Waals surface area contributed by atoms with Gasteiger partial charge in [0.05, 0.1) is 0 Å². The van der Waals surface area contributed by atoms with Crippen molar-refractivity contribution < 1.29 is 9.90 Å². The molecular formula is C10H13NO2S. The number of thioether (sulfide) groups is 1. The van der Waals surface area contributed by atoms with E-state index in [9.17, 15) is 4.79 Å². The molecule has 0 spiro atoms. The molecule has 0 radical (unpaired) electrons. The van der Waals surface area contributed by atoms with Crippen molar-refractivity contribution in [1.29, 1.82) is 0 Å². The summed E-state index contributed by atoms with van der Waals surface area (Å²) in [7, 11) is 0. The van der Waals surface area contributed by atoms with Crippen molar-refractivity contribution in [2.75, 3.05) is 5.75 Å². The predicted molar refractivity (Wildman–Crippen MR) is 56.8 cm³/mol. The Hall–Kier alpha value is -1.03. The first-order valence-electron chi connectivity index (χ1n) is 4.41. The number of pyridine rings is 1. The van der Waals surface area contributed by atoms with Gasteiger partial charge >= 0.3 is 5.97 Å². The molecule has 0 bridgehead atoms. The molecule has 14 heavy (non-hydrogen) atoms. The summed E-state index contributed by atoms with van der Waals surface area (Å²) in [4.78, 5) is 15.4. The molecule has 3 nitrogen and oxygen atoms in total. The topological polar surface area (TPSA) is 50.2 Å². The smallest absolute Gasteiger partial charge is 0.354 e. The fourth-order valence-electron chi connectivity index (χ4n) is 0.855. The largest absolute Gasteiger partial charge is 0.477 e. The summed E-state index contributed by atoms with van der Waals surface area (Å²) in [6.45, 7) is 4.29. The molecule has 0 fully saturated rings. The van der Waals surface area contributed by atoms with E-state index in [2.05, 4.69) is 18.8 Å². The lowest BCUT2D eigenvalue weighted by atomic mass is 10.3. The van der Waals surface area contributed by atoms with E-state index >= 15 is 0 Å². The second-order valence-electron chi connectivity index (χ2n) is 3.39. The third kappa shape index (κ3) is 3.38. The van der Waals surface area contributed by atoms with Crippen molar-refractivity contribution in [1.82, 2.24) is 4.98 Å². The van der Waals surface area contributed by atoms with Gasteiger partial charge in [-0.15, -0.1) is 11.8 Å². The first-order valence-corrected chi connectivity index (χ1v) is 5.40. The van der Waals surface area contributed by atoms with Crippen molar-refractivity contribution >= 4 is 17.7 Å². The lowest BCUT2D eigenvalue weighted by Gasteiger charge is -2.03. The monoisotopic (exact) mass is 211 g/mol. The number of hydrogen-bond donors (Lipinski definition) is 1. The van der Waals surface area contributed by atoms with Crippen LogP contribution in [0.2, 0.25) is 0 Å². The standard InChI is InChI=1S/C10H13NO2S/c1-7(2)6-14-8-3-4-9(10(12)13)11-5-8/h3-5,7H,6H2,1-2H3,(H,12,13). The summed E-state index contributed by atoms with van der Waals surface area (Å²) in [5, 5.41) is 8.62. The number of aromatic nitrogens is 1. The van der Waals surface area contributed by atoms with Crippen LogP contribution in [0.1, 0.15) is 24.3 Å². The van der Waals surface area contributed by atoms with Gasteiger partial charge in [-0.2, -0.15) is 0 Å². The highest BCUT2D eigenvalue weighted by Crippen LogP contribution is 2.19. The highest BCUT2D eigenvalue weighted by molar-refractivity contribution is 7.99. The van der Waals surface area contributed by atoms with Crippen molar-refractivity contribution in [3.63, 3.8) is 0 Å². The zero-order valence-electron chi connectivity index (χ0n) is 8.23. The van der Waals surface area contributed by atoms with Crippen LogP contribution in [0, 0.1) is 5.92 Å². The molecule has 1 rings (SSSR count). The van der Waals surface area contributed by atoms with Gasteiger partial charge in [0, 0.05) is 16.8 Å². The number of hydrogen-bond acceptors (Lipinski definition) is 3. The molecule has 0 saturated carbocycles. The van der Waals surface area contributed by atoms with Gasteiger partial charge in [0.1, 0.15) is 5.69 Å². The minimum absolute atomic E-state index is 0.0962. The molecule has 0 aliphatic carbocycles. The molecule has 76 valence electrons. The van der Waals surface area contributed by atoms with Gasteiger partial charge in [-0.05, 0) is 18.1 Å². The molecule has 1 aromatic rings. The fraction of sp³-hybridized carbons (Fsp3) is 0.400. The first kappa shape index (κ1) is 11.0. The molecule has 0 amide bonds. The van der Waals surface area contributed by atoms with Crippen molar-refractivity contribution in [3.8, 4) is 0 Å². The minimum atomic E-state index is -0.981. The maximum atomic E-state index is 10.5. The Balaban J connectivity index is 2.60. The normalized spacial score (nSPS) is 10.5. The Morgan fingerprint density at radius 2 is 2.29 bits per heavy atom. The van der Waals surface area contributed by atoms with Gasteiger partial charge in [-0.3, -0.25) is 0 Å². The highest BCUT2D eigenvalue weighted by atomic mass is 32.2. The molecule has 4 heteroatoms. The maximum absolute atomic E-state index is 10.5. The predicted octanol–water partition coefficient (Wildman–Crippen LogP) is 2.53. The summed E-state index contributed by atoms with van der Waals surface area (Å²) in [5.41, 5.74) is 0.0962. The Morgan fingerprint density at radius 1 is 1.57 bits per heavy atom. The summed E-state index contributed by atoms with van der Waals surface area (Å²) >= 11 is 1.69. The zero-order valence-corrected chi connectivity index (χ0v) is 9.04. The van der Waals surface area contributed by atoms with Crippen LogP contribution in [-0.4, -0.2) is 21.8 Å². The molecular weight excluding hydrogens is 198 g/mol. The van der Waals surface area contributed by atoms with E-state index in [0.29, 0.717) is 5.92 Å². The molecule has 0 aliphatic rings. The lowest BCUT2D eigenvalue weighted by molar-refractivity contribution is 0.0690. The van der Waals surface area contributed by atoms with Crippen LogP contribution in [0.25, 0.3) is 0 Å². The number of rotatable bonds is 4. The van der Waals surface area contributed by atoms with Crippen LogP contribution >= 0.6 is 11.8 Å². The third-order valence-electron chi connectivity index (χ3n) is 1.54. The lowest BCUT2D eigenvalue weighted by Crippen LogP contribution is -1.99. The molecule has 1 N–H and O–H groups in total. The van der Waals surface area contributed by atoms with Gasteiger partial charge in [-0.25, -0.2) is 9.78 Å². The Labute approximate surface area is 87.6 Å². The number of aromatic carboxylic acids is 1. The van der Waals surface area contributed by atoms with Crippen molar-refractivity contribution in [3.05, 3.63) is 24.0 Å². The van der Waals surface area contributed by atoms with Crippen molar-refractivity contribution in [2.24, 2.45) is 5.92 Å². The van der Waals surface area contributed by atoms with Crippen LogP contribution in [0.5, 0.6) is 0 Å². The van der Waals surface area contributed by atoms with Gasteiger partial charge in [-0.1, -0.05) is 13.8 Å². The first-order chi connectivity index (χ1) is 6.59. The molecule has 0 aliphatic heterocycles. The van der Waals surface area contributed by atoms with E-state index in [1.54, 1.807) is 24.0 Å². The highest BCUT2D eigenvalue weighted by Gasteiger charge is 2.03. The third-order valence-corrected chi connectivity index (χ3v) is 2.95.